The molecule has 33 heavy (non-hydrogen) atoms. The molecule has 0 bridgehead atoms. The summed E-state index contributed by atoms with van der Waals surface area (Å²) in [6.07, 6.45) is 9.88. The number of rotatable bonds is 4. The number of carbonyl (C=O) groups is 1. The number of halogens is 2. The highest BCUT2D eigenvalue weighted by atomic mass is 19.3. The van der Waals surface area contributed by atoms with Gasteiger partial charge in [0.1, 0.15) is 5.65 Å². The maximum Gasteiger partial charge on any atom is 0.260 e. The number of anilines is 1. The van der Waals surface area contributed by atoms with Crippen molar-refractivity contribution in [3.63, 3.8) is 0 Å². The number of imidazole rings is 1. The van der Waals surface area contributed by atoms with Gasteiger partial charge in [0, 0.05) is 67.1 Å². The molecule has 1 spiro atoms. The van der Waals surface area contributed by atoms with E-state index >= 15 is 0 Å². The van der Waals surface area contributed by atoms with Crippen LogP contribution in [0.25, 0.3) is 16.4 Å². The van der Waals surface area contributed by atoms with Gasteiger partial charge in [-0.3, -0.25) is 14.6 Å². The predicted molar refractivity (Wildman–Crippen MR) is 119 cm³/mol. The minimum absolute atomic E-state index is 0.0607. The van der Waals surface area contributed by atoms with E-state index in [1.54, 1.807) is 52.1 Å². The van der Waals surface area contributed by atoms with Crippen LogP contribution in [0.5, 0.6) is 0 Å². The monoisotopic (exact) mass is 449 g/mol. The average molecular weight is 449 g/mol. The fourth-order valence-electron chi connectivity index (χ4n) is 5.43. The van der Waals surface area contributed by atoms with E-state index in [1.807, 2.05) is 6.07 Å². The van der Waals surface area contributed by atoms with Crippen molar-refractivity contribution in [2.75, 3.05) is 18.0 Å². The topological polar surface area (TPSA) is 72.5 Å². The Morgan fingerprint density at radius 1 is 1.09 bits per heavy atom. The maximum absolute atomic E-state index is 13.5. The van der Waals surface area contributed by atoms with Crippen molar-refractivity contribution >= 4 is 28.4 Å². The molecular formula is C24H21F2N5O2. The molecule has 1 saturated heterocycles. The lowest BCUT2D eigenvalue weighted by Gasteiger charge is -2.44. The van der Waals surface area contributed by atoms with Crippen LogP contribution >= 0.6 is 0 Å². The number of hydrogen-bond donors (Lipinski definition) is 0. The van der Waals surface area contributed by atoms with Crippen LogP contribution in [0.15, 0.2) is 54.0 Å². The molecule has 2 fully saturated rings. The van der Waals surface area contributed by atoms with Crippen LogP contribution in [-0.4, -0.2) is 44.2 Å². The van der Waals surface area contributed by atoms with Gasteiger partial charge < -0.3 is 13.9 Å². The summed E-state index contributed by atoms with van der Waals surface area (Å²) in [4.78, 5) is 35.1. The van der Waals surface area contributed by atoms with Gasteiger partial charge in [-0.1, -0.05) is 0 Å². The molecule has 0 unspecified atom stereocenters. The Morgan fingerprint density at radius 2 is 1.94 bits per heavy atom. The second-order valence-electron chi connectivity index (χ2n) is 9.33. The molecule has 0 N–H and O–H groups in total. The van der Waals surface area contributed by atoms with Crippen molar-refractivity contribution in [1.82, 2.24) is 18.9 Å². The summed E-state index contributed by atoms with van der Waals surface area (Å²) in [5.74, 6) is -2.55. The molecular weight excluding hydrogens is 428 g/mol. The smallest absolute Gasteiger partial charge is 0.260 e. The van der Waals surface area contributed by atoms with Crippen molar-refractivity contribution in [2.24, 2.45) is 5.41 Å². The van der Waals surface area contributed by atoms with Crippen LogP contribution in [0, 0.1) is 5.41 Å². The number of fused-ring (bicyclic) bond motifs is 2. The highest BCUT2D eigenvalue weighted by Gasteiger charge is 2.58. The molecule has 0 aromatic carbocycles. The SMILES string of the molecule is O=Cc1ccc2nc(Cn3ccc4c(N5CCC6(C5)CC(F)(F)C6)cncc4c3=O)cn2c1. The van der Waals surface area contributed by atoms with Crippen molar-refractivity contribution in [2.45, 2.75) is 31.7 Å². The predicted octanol–water partition coefficient (Wildman–Crippen LogP) is 3.53. The summed E-state index contributed by atoms with van der Waals surface area (Å²) < 4.78 is 30.3. The van der Waals surface area contributed by atoms with E-state index in [9.17, 15) is 18.4 Å². The Labute approximate surface area is 187 Å². The Bertz CT molecular complexity index is 1470. The molecule has 1 aliphatic carbocycles. The largest absolute Gasteiger partial charge is 0.369 e. The summed E-state index contributed by atoms with van der Waals surface area (Å²) in [7, 11) is 0. The van der Waals surface area contributed by atoms with Crippen molar-refractivity contribution in [3.8, 4) is 0 Å². The zero-order chi connectivity index (χ0) is 22.8. The Morgan fingerprint density at radius 3 is 2.73 bits per heavy atom. The Kier molecular flexibility index (Phi) is 4.21. The molecule has 0 radical (unpaired) electrons. The van der Waals surface area contributed by atoms with E-state index in [2.05, 4.69) is 14.9 Å². The molecule has 4 aromatic rings. The molecule has 0 atom stereocenters. The molecule has 9 heteroatoms. The van der Waals surface area contributed by atoms with Gasteiger partial charge in [-0.2, -0.15) is 0 Å². The molecule has 4 aromatic heterocycles. The van der Waals surface area contributed by atoms with E-state index in [1.165, 1.54) is 0 Å². The molecule has 0 amide bonds. The normalized spacial score (nSPS) is 18.8. The fraction of sp³-hybridized carbons (Fsp3) is 0.333. The summed E-state index contributed by atoms with van der Waals surface area (Å²) in [5.41, 5.74) is 2.23. The zero-order valence-corrected chi connectivity index (χ0v) is 17.7. The third kappa shape index (κ3) is 3.30. The van der Waals surface area contributed by atoms with E-state index in [0.29, 0.717) is 35.4 Å². The number of aldehydes is 1. The molecule has 168 valence electrons. The molecule has 6 rings (SSSR count). The van der Waals surface area contributed by atoms with Gasteiger partial charge in [-0.15, -0.1) is 0 Å². The van der Waals surface area contributed by atoms with E-state index in [4.69, 9.17) is 0 Å². The molecule has 7 nitrogen and oxygen atoms in total. The van der Waals surface area contributed by atoms with Gasteiger partial charge in [0.25, 0.3) is 5.56 Å². The van der Waals surface area contributed by atoms with Crippen LogP contribution in [0.4, 0.5) is 14.5 Å². The first-order chi connectivity index (χ1) is 15.8. The quantitative estimate of drug-likeness (QED) is 0.446. The van der Waals surface area contributed by atoms with Crippen LogP contribution in [-0.2, 0) is 6.54 Å². The average Bonchev–Trinajstić information content (AvgIpc) is 3.38. The first-order valence-corrected chi connectivity index (χ1v) is 10.9. The summed E-state index contributed by atoms with van der Waals surface area (Å²) in [5, 5.41) is 1.27. The number of aromatic nitrogens is 4. The van der Waals surface area contributed by atoms with Crippen molar-refractivity contribution in [3.05, 3.63) is 70.8 Å². The summed E-state index contributed by atoms with van der Waals surface area (Å²) in [6.45, 7) is 1.53. The minimum Gasteiger partial charge on any atom is -0.369 e. The first-order valence-electron chi connectivity index (χ1n) is 10.9. The molecule has 5 heterocycles. The number of carbonyl (C=O) groups excluding carboxylic acids is 1. The van der Waals surface area contributed by atoms with Crippen molar-refractivity contribution < 1.29 is 13.6 Å². The minimum atomic E-state index is -2.55. The summed E-state index contributed by atoms with van der Waals surface area (Å²) in [6, 6.07) is 5.34. The van der Waals surface area contributed by atoms with E-state index in [-0.39, 0.29) is 30.4 Å². The Balaban J connectivity index is 1.31. The third-order valence-corrected chi connectivity index (χ3v) is 6.92. The van der Waals surface area contributed by atoms with E-state index < -0.39 is 5.92 Å². The van der Waals surface area contributed by atoms with Gasteiger partial charge in [0.05, 0.1) is 29.5 Å². The van der Waals surface area contributed by atoms with Crippen LogP contribution in [0.1, 0.15) is 35.3 Å². The van der Waals surface area contributed by atoms with Crippen molar-refractivity contribution in [1.29, 1.82) is 0 Å². The maximum atomic E-state index is 13.5. The van der Waals surface area contributed by atoms with Crippen LogP contribution in [0.2, 0.25) is 0 Å². The van der Waals surface area contributed by atoms with Gasteiger partial charge in [0.2, 0.25) is 5.92 Å². The van der Waals surface area contributed by atoms with E-state index in [0.717, 1.165) is 23.8 Å². The number of alkyl halides is 2. The second-order valence-corrected chi connectivity index (χ2v) is 9.33. The molecule has 2 aliphatic rings. The molecule has 1 saturated carbocycles. The fourth-order valence-corrected chi connectivity index (χ4v) is 5.43. The number of hydrogen-bond acceptors (Lipinski definition) is 5. The first kappa shape index (κ1) is 20.0. The molecule has 1 aliphatic heterocycles. The Hall–Kier alpha value is -3.62. The third-order valence-electron chi connectivity index (χ3n) is 6.92. The lowest BCUT2D eigenvalue weighted by Crippen LogP contribution is -2.47. The standard InChI is InChI=1S/C24H21F2N5O2/c25-24(26)13-23(14-24)4-6-30(15-23)20-8-27-7-19-18(20)3-5-29(22(19)33)10-17-11-31-9-16(12-32)1-2-21(31)28-17/h1-3,5,7-9,11-12H,4,6,10,13-15H2. The van der Waals surface area contributed by atoms with Gasteiger partial charge in [0.15, 0.2) is 6.29 Å². The zero-order valence-electron chi connectivity index (χ0n) is 17.7. The van der Waals surface area contributed by atoms with Gasteiger partial charge >= 0.3 is 0 Å². The van der Waals surface area contributed by atoms with Gasteiger partial charge in [-0.05, 0) is 24.6 Å². The second kappa shape index (κ2) is 6.94. The lowest BCUT2D eigenvalue weighted by molar-refractivity contribution is -0.152. The number of pyridine rings is 3. The highest BCUT2D eigenvalue weighted by molar-refractivity contribution is 5.92. The summed E-state index contributed by atoms with van der Waals surface area (Å²) >= 11 is 0. The van der Waals surface area contributed by atoms with Gasteiger partial charge in [-0.25, -0.2) is 13.8 Å². The highest BCUT2D eigenvalue weighted by Crippen LogP contribution is 2.57. The number of nitrogens with zero attached hydrogens (tertiary/aromatic N) is 5. The van der Waals surface area contributed by atoms with Crippen LogP contribution in [0.3, 0.4) is 0 Å². The van der Waals surface area contributed by atoms with Crippen LogP contribution < -0.4 is 10.5 Å². The lowest BCUT2D eigenvalue weighted by atomic mass is 9.65.